The lowest BCUT2D eigenvalue weighted by Gasteiger charge is -2.17. The van der Waals surface area contributed by atoms with Gasteiger partial charge in [0.15, 0.2) is 0 Å². The molecule has 0 saturated heterocycles. The molecule has 0 aliphatic carbocycles. The lowest BCUT2D eigenvalue weighted by molar-refractivity contribution is 0.0981. The lowest BCUT2D eigenvalue weighted by Crippen LogP contribution is -2.33. The van der Waals surface area contributed by atoms with Gasteiger partial charge in [0.2, 0.25) is 0 Å². The van der Waals surface area contributed by atoms with Gasteiger partial charge >= 0.3 is 0 Å². The van der Waals surface area contributed by atoms with Gasteiger partial charge in [-0.3, -0.25) is 9.59 Å². The molecule has 27 heavy (non-hydrogen) atoms. The van der Waals surface area contributed by atoms with Crippen LogP contribution in [0.5, 0.6) is 5.75 Å². The number of rotatable bonds is 5. The molecular formula is C21H19N3O3. The number of para-hydroxylation sites is 2. The van der Waals surface area contributed by atoms with E-state index in [-0.39, 0.29) is 23.7 Å². The van der Waals surface area contributed by atoms with Crippen LogP contribution in [-0.4, -0.2) is 28.8 Å². The second-order valence-electron chi connectivity index (χ2n) is 6.28. The van der Waals surface area contributed by atoms with Crippen molar-refractivity contribution in [3.05, 3.63) is 88.3 Å². The molecule has 0 fully saturated rings. The fraction of sp³-hybridized carbons (Fsp3) is 0.190. The van der Waals surface area contributed by atoms with E-state index in [2.05, 4.69) is 5.10 Å². The summed E-state index contributed by atoms with van der Waals surface area (Å²) in [6, 6.07) is 20.1. The van der Waals surface area contributed by atoms with E-state index in [1.807, 2.05) is 54.6 Å². The highest BCUT2D eigenvalue weighted by Gasteiger charge is 2.26. The van der Waals surface area contributed by atoms with Crippen molar-refractivity contribution in [3.8, 4) is 5.75 Å². The molecular weight excluding hydrogens is 342 g/mol. The Kier molecular flexibility index (Phi) is 4.70. The average Bonchev–Trinajstić information content (AvgIpc) is 3.14. The third-order valence-electron chi connectivity index (χ3n) is 4.53. The van der Waals surface area contributed by atoms with Crippen LogP contribution < -0.4 is 15.2 Å². The van der Waals surface area contributed by atoms with Crippen molar-refractivity contribution in [3.63, 3.8) is 0 Å². The maximum absolute atomic E-state index is 12.9. The highest BCUT2D eigenvalue weighted by Crippen LogP contribution is 2.28. The van der Waals surface area contributed by atoms with Crippen LogP contribution in [0.1, 0.15) is 16.1 Å². The maximum Gasteiger partial charge on any atom is 0.278 e. The minimum Gasteiger partial charge on any atom is -0.492 e. The van der Waals surface area contributed by atoms with Gasteiger partial charge in [-0.1, -0.05) is 36.4 Å². The Bertz CT molecular complexity index is 1010. The highest BCUT2D eigenvalue weighted by molar-refractivity contribution is 6.05. The number of benzene rings is 2. The normalized spacial score (nSPS) is 12.7. The van der Waals surface area contributed by atoms with Gasteiger partial charge in [-0.25, -0.2) is 4.68 Å². The number of anilines is 1. The summed E-state index contributed by atoms with van der Waals surface area (Å²) in [6.07, 6.45) is 0.826. The summed E-state index contributed by atoms with van der Waals surface area (Å²) in [5, 5.41) is 4.25. The Labute approximate surface area is 156 Å². The maximum atomic E-state index is 12.9. The number of aromatic nitrogens is 2. The van der Waals surface area contributed by atoms with Crippen LogP contribution in [0.4, 0.5) is 5.69 Å². The number of hydrogen-bond acceptors (Lipinski definition) is 4. The van der Waals surface area contributed by atoms with Gasteiger partial charge in [-0.2, -0.15) is 5.10 Å². The number of fused-ring (bicyclic) bond motifs is 1. The lowest BCUT2D eigenvalue weighted by atomic mass is 10.2. The molecule has 0 radical (unpaired) electrons. The number of amides is 1. The first-order valence-corrected chi connectivity index (χ1v) is 8.88. The molecule has 0 N–H and O–H groups in total. The smallest absolute Gasteiger partial charge is 0.278 e. The summed E-state index contributed by atoms with van der Waals surface area (Å²) < 4.78 is 6.89. The summed E-state index contributed by atoms with van der Waals surface area (Å²) in [5.41, 5.74) is 2.06. The third-order valence-corrected chi connectivity index (χ3v) is 4.53. The number of nitrogens with zero attached hydrogens (tertiary/aromatic N) is 3. The quantitative estimate of drug-likeness (QED) is 0.700. The van der Waals surface area contributed by atoms with Crippen molar-refractivity contribution >= 4 is 11.6 Å². The molecule has 136 valence electrons. The second kappa shape index (κ2) is 7.45. The zero-order chi connectivity index (χ0) is 18.6. The Hall–Kier alpha value is -3.41. The van der Waals surface area contributed by atoms with Crippen LogP contribution in [-0.2, 0) is 13.0 Å². The van der Waals surface area contributed by atoms with Gasteiger partial charge < -0.3 is 9.64 Å². The first kappa shape index (κ1) is 17.0. The average molecular weight is 361 g/mol. The highest BCUT2D eigenvalue weighted by atomic mass is 16.5. The van der Waals surface area contributed by atoms with Crippen molar-refractivity contribution in [2.24, 2.45) is 0 Å². The predicted octanol–water partition coefficient (Wildman–Crippen LogP) is 2.53. The van der Waals surface area contributed by atoms with Crippen molar-refractivity contribution in [1.29, 1.82) is 0 Å². The molecule has 6 heteroatoms. The Morgan fingerprint density at radius 2 is 1.78 bits per heavy atom. The molecule has 1 amide bonds. The molecule has 2 heterocycles. The van der Waals surface area contributed by atoms with Crippen LogP contribution in [0.3, 0.4) is 0 Å². The first-order chi connectivity index (χ1) is 13.2. The molecule has 0 saturated carbocycles. The van der Waals surface area contributed by atoms with E-state index in [0.717, 1.165) is 23.4 Å². The van der Waals surface area contributed by atoms with E-state index in [4.69, 9.17) is 4.74 Å². The topological polar surface area (TPSA) is 64.4 Å². The zero-order valence-corrected chi connectivity index (χ0v) is 14.7. The second-order valence-corrected chi connectivity index (χ2v) is 6.28. The summed E-state index contributed by atoms with van der Waals surface area (Å²) in [7, 11) is 0. The molecule has 1 aliphatic rings. The first-order valence-electron chi connectivity index (χ1n) is 8.88. The van der Waals surface area contributed by atoms with Crippen LogP contribution in [0, 0.1) is 0 Å². The number of carbonyl (C=O) groups is 1. The summed E-state index contributed by atoms with van der Waals surface area (Å²) in [6.45, 7) is 1.18. The number of carbonyl (C=O) groups excluding carboxylic acids is 1. The molecule has 3 aromatic rings. The van der Waals surface area contributed by atoms with Crippen molar-refractivity contribution in [2.75, 3.05) is 18.1 Å². The molecule has 1 aliphatic heterocycles. The molecule has 2 aromatic carbocycles. The zero-order valence-electron chi connectivity index (χ0n) is 14.7. The van der Waals surface area contributed by atoms with E-state index < -0.39 is 0 Å². The van der Waals surface area contributed by atoms with Gasteiger partial charge in [0.1, 0.15) is 18.1 Å². The summed E-state index contributed by atoms with van der Waals surface area (Å²) >= 11 is 0. The minimum atomic E-state index is -0.259. The van der Waals surface area contributed by atoms with Crippen LogP contribution in [0.25, 0.3) is 0 Å². The van der Waals surface area contributed by atoms with Crippen molar-refractivity contribution in [1.82, 2.24) is 9.78 Å². The van der Waals surface area contributed by atoms with E-state index in [9.17, 15) is 9.59 Å². The van der Waals surface area contributed by atoms with Crippen LogP contribution >= 0.6 is 0 Å². The molecule has 6 nitrogen and oxygen atoms in total. The number of hydrogen-bond donors (Lipinski definition) is 0. The third kappa shape index (κ3) is 3.60. The molecule has 4 rings (SSSR count). The standard InChI is InChI=1S/C21H19N3O3/c25-20-11-10-18(21(26)23-13-12-16-6-4-5-9-19(16)23)22-24(20)14-15-27-17-7-2-1-3-8-17/h1-11H,12-15H2. The van der Waals surface area contributed by atoms with Gasteiger partial charge in [-0.15, -0.1) is 0 Å². The van der Waals surface area contributed by atoms with Crippen molar-refractivity contribution in [2.45, 2.75) is 13.0 Å². The molecule has 0 spiro atoms. The van der Waals surface area contributed by atoms with Gasteiger partial charge in [-0.05, 0) is 36.2 Å². The van der Waals surface area contributed by atoms with E-state index in [0.29, 0.717) is 13.2 Å². The van der Waals surface area contributed by atoms with Crippen LogP contribution in [0.2, 0.25) is 0 Å². The SMILES string of the molecule is O=C(c1ccc(=O)n(CCOc2ccccc2)n1)N1CCc2ccccc21. The molecule has 0 bridgehead atoms. The molecule has 0 unspecified atom stereocenters. The van der Waals surface area contributed by atoms with E-state index in [1.54, 1.807) is 4.90 Å². The fourth-order valence-electron chi connectivity index (χ4n) is 3.18. The summed E-state index contributed by atoms with van der Waals surface area (Å²) in [5.74, 6) is 0.532. The van der Waals surface area contributed by atoms with Gasteiger partial charge in [0.25, 0.3) is 11.5 Å². The van der Waals surface area contributed by atoms with Gasteiger partial charge in [0, 0.05) is 18.3 Å². The minimum absolute atomic E-state index is 0.197. The fourth-order valence-corrected chi connectivity index (χ4v) is 3.18. The Balaban J connectivity index is 1.49. The van der Waals surface area contributed by atoms with E-state index in [1.165, 1.54) is 16.8 Å². The Morgan fingerprint density at radius 3 is 2.63 bits per heavy atom. The van der Waals surface area contributed by atoms with Crippen molar-refractivity contribution < 1.29 is 9.53 Å². The molecule has 0 atom stereocenters. The monoisotopic (exact) mass is 361 g/mol. The Morgan fingerprint density at radius 1 is 1.00 bits per heavy atom. The number of ether oxygens (including phenoxy) is 1. The summed E-state index contributed by atoms with van der Waals surface area (Å²) in [4.78, 5) is 26.7. The largest absolute Gasteiger partial charge is 0.492 e. The molecule has 1 aromatic heterocycles. The predicted molar refractivity (Wildman–Crippen MR) is 102 cm³/mol. The van der Waals surface area contributed by atoms with E-state index >= 15 is 0 Å². The van der Waals surface area contributed by atoms with Crippen LogP contribution in [0.15, 0.2) is 71.5 Å². The van der Waals surface area contributed by atoms with Gasteiger partial charge in [0.05, 0.1) is 6.54 Å².